The largest absolute Gasteiger partial charge is 0.373 e. The van der Waals surface area contributed by atoms with Crippen LogP contribution in [0.4, 0.5) is 11.6 Å². The fourth-order valence-electron chi connectivity index (χ4n) is 2.99. The average Bonchev–Trinajstić information content (AvgIpc) is 2.46. The highest BCUT2D eigenvalue weighted by molar-refractivity contribution is 5.49. The lowest BCUT2D eigenvalue weighted by Gasteiger charge is -2.35. The van der Waals surface area contributed by atoms with Crippen LogP contribution in [-0.2, 0) is 0 Å². The van der Waals surface area contributed by atoms with Gasteiger partial charge in [-0.3, -0.25) is 0 Å². The quantitative estimate of drug-likeness (QED) is 0.904. The van der Waals surface area contributed by atoms with Crippen LogP contribution in [0.15, 0.2) is 6.07 Å². The van der Waals surface area contributed by atoms with Crippen molar-refractivity contribution < 1.29 is 0 Å². The molecule has 106 valence electrons. The van der Waals surface area contributed by atoms with Crippen LogP contribution < -0.4 is 10.2 Å². The molecule has 0 atom stereocenters. The Bertz CT molecular complexity index is 411. The van der Waals surface area contributed by atoms with E-state index in [1.54, 1.807) is 0 Å². The number of hydrogen-bond donors (Lipinski definition) is 1. The van der Waals surface area contributed by atoms with Gasteiger partial charge in [0.15, 0.2) is 0 Å². The molecule has 1 aliphatic carbocycles. The SMILES string of the molecule is CCC1CCC(N(C)c2cc(NC)nc(C)n2)CC1. The molecule has 0 amide bonds. The Kier molecular flexibility index (Phi) is 4.61. The van der Waals surface area contributed by atoms with Crippen LogP contribution >= 0.6 is 0 Å². The Hall–Kier alpha value is -1.32. The second-order valence-corrected chi connectivity index (χ2v) is 5.60. The maximum Gasteiger partial charge on any atom is 0.134 e. The van der Waals surface area contributed by atoms with E-state index in [4.69, 9.17) is 0 Å². The molecule has 4 heteroatoms. The first-order valence-corrected chi connectivity index (χ1v) is 7.40. The molecule has 19 heavy (non-hydrogen) atoms. The first-order chi connectivity index (χ1) is 9.13. The molecular formula is C15H26N4. The molecule has 2 rings (SSSR count). The topological polar surface area (TPSA) is 41.0 Å². The van der Waals surface area contributed by atoms with Gasteiger partial charge >= 0.3 is 0 Å². The molecule has 0 aliphatic heterocycles. The van der Waals surface area contributed by atoms with Crippen molar-refractivity contribution in [1.82, 2.24) is 9.97 Å². The van der Waals surface area contributed by atoms with Crippen molar-refractivity contribution in [2.45, 2.75) is 52.0 Å². The van der Waals surface area contributed by atoms with Crippen molar-refractivity contribution in [1.29, 1.82) is 0 Å². The van der Waals surface area contributed by atoms with Crippen molar-refractivity contribution >= 4 is 11.6 Å². The molecule has 0 spiro atoms. The Morgan fingerprint density at radius 2 is 1.95 bits per heavy atom. The average molecular weight is 262 g/mol. The zero-order valence-electron chi connectivity index (χ0n) is 12.6. The predicted octanol–water partition coefficient (Wildman–Crippen LogP) is 3.23. The zero-order valence-corrected chi connectivity index (χ0v) is 12.6. The highest BCUT2D eigenvalue weighted by Gasteiger charge is 2.24. The number of nitrogens with one attached hydrogen (secondary N) is 1. The summed E-state index contributed by atoms with van der Waals surface area (Å²) in [7, 11) is 4.07. The van der Waals surface area contributed by atoms with Crippen molar-refractivity contribution in [3.63, 3.8) is 0 Å². The van der Waals surface area contributed by atoms with Gasteiger partial charge in [0.05, 0.1) is 0 Å². The van der Waals surface area contributed by atoms with Gasteiger partial charge in [-0.2, -0.15) is 0 Å². The van der Waals surface area contributed by atoms with Gasteiger partial charge in [0, 0.05) is 26.2 Å². The third-order valence-electron chi connectivity index (χ3n) is 4.38. The zero-order chi connectivity index (χ0) is 13.8. The summed E-state index contributed by atoms with van der Waals surface area (Å²) in [6.07, 6.45) is 6.61. The van der Waals surface area contributed by atoms with Crippen LogP contribution in [0.2, 0.25) is 0 Å². The van der Waals surface area contributed by atoms with Crippen LogP contribution in [-0.4, -0.2) is 30.1 Å². The number of nitrogens with zero attached hydrogens (tertiary/aromatic N) is 3. The van der Waals surface area contributed by atoms with Crippen LogP contribution in [0.1, 0.15) is 44.9 Å². The van der Waals surface area contributed by atoms with Crippen molar-refractivity contribution in [3.05, 3.63) is 11.9 Å². The van der Waals surface area contributed by atoms with Gasteiger partial charge in [0.1, 0.15) is 17.5 Å². The Morgan fingerprint density at radius 1 is 1.26 bits per heavy atom. The molecule has 1 fully saturated rings. The molecule has 4 nitrogen and oxygen atoms in total. The lowest BCUT2D eigenvalue weighted by molar-refractivity contribution is 0.313. The third kappa shape index (κ3) is 3.37. The summed E-state index contributed by atoms with van der Waals surface area (Å²) in [6.45, 7) is 4.26. The summed E-state index contributed by atoms with van der Waals surface area (Å²) in [5.74, 6) is 3.70. The van der Waals surface area contributed by atoms with Crippen LogP contribution in [0.3, 0.4) is 0 Å². The predicted molar refractivity (Wildman–Crippen MR) is 80.8 cm³/mol. The molecule has 0 unspecified atom stereocenters. The maximum atomic E-state index is 4.57. The van der Waals surface area contributed by atoms with Gasteiger partial charge in [0.2, 0.25) is 0 Å². The van der Waals surface area contributed by atoms with Gasteiger partial charge < -0.3 is 10.2 Å². The van der Waals surface area contributed by atoms with Crippen LogP contribution in [0.25, 0.3) is 0 Å². The summed E-state index contributed by atoms with van der Waals surface area (Å²) in [5.41, 5.74) is 0. The Morgan fingerprint density at radius 3 is 2.53 bits per heavy atom. The van der Waals surface area contributed by atoms with Crippen molar-refractivity contribution in [3.8, 4) is 0 Å². The normalized spacial score (nSPS) is 23.2. The first-order valence-electron chi connectivity index (χ1n) is 7.40. The number of hydrogen-bond acceptors (Lipinski definition) is 4. The van der Waals surface area contributed by atoms with Crippen LogP contribution in [0, 0.1) is 12.8 Å². The lowest BCUT2D eigenvalue weighted by atomic mass is 9.84. The number of rotatable bonds is 4. The molecular weight excluding hydrogens is 236 g/mol. The summed E-state index contributed by atoms with van der Waals surface area (Å²) in [6, 6.07) is 2.67. The fourth-order valence-corrected chi connectivity index (χ4v) is 2.99. The Labute approximate surface area is 116 Å². The van der Waals surface area contributed by atoms with Crippen molar-refractivity contribution in [2.75, 3.05) is 24.3 Å². The van der Waals surface area contributed by atoms with Gasteiger partial charge in [-0.1, -0.05) is 13.3 Å². The molecule has 1 aliphatic rings. The molecule has 0 radical (unpaired) electrons. The summed E-state index contributed by atoms with van der Waals surface area (Å²) < 4.78 is 0. The smallest absolute Gasteiger partial charge is 0.134 e. The van der Waals surface area contributed by atoms with Gasteiger partial charge in [-0.15, -0.1) is 0 Å². The second-order valence-electron chi connectivity index (χ2n) is 5.60. The Balaban J connectivity index is 2.07. The van der Waals surface area contributed by atoms with Crippen LogP contribution in [0.5, 0.6) is 0 Å². The monoisotopic (exact) mass is 262 g/mol. The van der Waals surface area contributed by atoms with Gasteiger partial charge in [-0.25, -0.2) is 9.97 Å². The summed E-state index contributed by atoms with van der Waals surface area (Å²) >= 11 is 0. The number of aryl methyl sites for hydroxylation is 1. The first kappa shape index (κ1) is 14.1. The standard InChI is InChI=1S/C15H26N4/c1-5-12-6-8-13(9-7-12)19(4)15-10-14(16-3)17-11(2)18-15/h10,12-13H,5-9H2,1-4H3,(H,16,17,18). The maximum absolute atomic E-state index is 4.57. The second kappa shape index (κ2) is 6.22. The van der Waals surface area contributed by atoms with Crippen molar-refractivity contribution in [2.24, 2.45) is 5.92 Å². The minimum absolute atomic E-state index is 0.627. The third-order valence-corrected chi connectivity index (χ3v) is 4.38. The van der Waals surface area contributed by atoms with E-state index in [1.165, 1.54) is 32.1 Å². The highest BCUT2D eigenvalue weighted by Crippen LogP contribution is 2.31. The summed E-state index contributed by atoms with van der Waals surface area (Å²) in [4.78, 5) is 11.3. The van der Waals surface area contributed by atoms with E-state index in [2.05, 4.69) is 34.2 Å². The molecule has 1 heterocycles. The fraction of sp³-hybridized carbons (Fsp3) is 0.733. The highest BCUT2D eigenvalue weighted by atomic mass is 15.2. The van der Waals surface area contributed by atoms with Gasteiger partial charge in [-0.05, 0) is 38.5 Å². The number of aromatic nitrogens is 2. The van der Waals surface area contributed by atoms with E-state index < -0.39 is 0 Å². The van der Waals surface area contributed by atoms with E-state index in [1.807, 2.05) is 20.0 Å². The lowest BCUT2D eigenvalue weighted by Crippen LogP contribution is -2.35. The van der Waals surface area contributed by atoms with E-state index in [-0.39, 0.29) is 0 Å². The van der Waals surface area contributed by atoms with E-state index in [0.717, 1.165) is 23.4 Å². The molecule has 1 N–H and O–H groups in total. The molecule has 0 saturated heterocycles. The number of anilines is 2. The molecule has 0 aromatic carbocycles. The van der Waals surface area contributed by atoms with Gasteiger partial charge in [0.25, 0.3) is 0 Å². The molecule has 0 bridgehead atoms. The molecule has 1 aromatic heterocycles. The minimum atomic E-state index is 0.627. The summed E-state index contributed by atoms with van der Waals surface area (Å²) in [5, 5.41) is 3.10. The molecule has 1 aromatic rings. The minimum Gasteiger partial charge on any atom is -0.373 e. The van der Waals surface area contributed by atoms with E-state index in [9.17, 15) is 0 Å². The molecule has 1 saturated carbocycles. The van der Waals surface area contributed by atoms with E-state index in [0.29, 0.717) is 6.04 Å². The van der Waals surface area contributed by atoms with E-state index >= 15 is 0 Å².